The first-order valence-corrected chi connectivity index (χ1v) is 12.5. The van der Waals surface area contributed by atoms with E-state index >= 15 is 0 Å². The third-order valence-electron chi connectivity index (χ3n) is 7.03. The molecule has 0 bridgehead atoms. The molecule has 4 heteroatoms. The minimum absolute atomic E-state index is 0.576. The zero-order chi connectivity index (χ0) is 23.0. The number of nitrogens with one attached hydrogen (secondary N) is 1. The predicted molar refractivity (Wildman–Crippen MR) is 140 cm³/mol. The smallest absolute Gasteiger partial charge is 0.0991 e. The molecule has 3 aromatic carbocycles. The molecule has 2 unspecified atom stereocenters. The van der Waals surface area contributed by atoms with E-state index in [1.165, 1.54) is 42.5 Å². The fourth-order valence-corrected chi connectivity index (χ4v) is 5.25. The molecule has 0 amide bonds. The van der Waals surface area contributed by atoms with Gasteiger partial charge in [-0.15, -0.1) is 0 Å². The Bertz CT molecular complexity index is 1070. The Morgan fingerprint density at radius 1 is 0.794 bits per heavy atom. The Hall–Kier alpha value is -3.37. The van der Waals surface area contributed by atoms with E-state index in [4.69, 9.17) is 0 Å². The zero-order valence-corrected chi connectivity index (χ0v) is 19.8. The van der Waals surface area contributed by atoms with Gasteiger partial charge in [0.2, 0.25) is 0 Å². The molecule has 0 aliphatic heterocycles. The molecular weight excluding hydrogens is 416 g/mol. The van der Waals surface area contributed by atoms with Gasteiger partial charge in [0, 0.05) is 49.4 Å². The molecule has 1 heterocycles. The number of benzene rings is 3. The summed E-state index contributed by atoms with van der Waals surface area (Å²) in [6.07, 6.45) is 10.8. The third kappa shape index (κ3) is 5.75. The van der Waals surface area contributed by atoms with Crippen molar-refractivity contribution >= 4 is 5.69 Å². The Labute approximate surface area is 203 Å². The molecule has 1 N–H and O–H groups in total. The summed E-state index contributed by atoms with van der Waals surface area (Å²) < 4.78 is 2.03. The van der Waals surface area contributed by atoms with Crippen LogP contribution in [0.3, 0.4) is 0 Å². The van der Waals surface area contributed by atoms with Gasteiger partial charge in [-0.25, -0.2) is 4.98 Å². The number of nitrogens with zero attached hydrogens (tertiary/aromatic N) is 3. The van der Waals surface area contributed by atoms with Crippen molar-refractivity contribution in [3.05, 3.63) is 115 Å². The summed E-state index contributed by atoms with van der Waals surface area (Å²) in [5, 5.41) is 3.75. The number of hydrogen-bond donors (Lipinski definition) is 1. The summed E-state index contributed by atoms with van der Waals surface area (Å²) >= 11 is 0. The van der Waals surface area contributed by atoms with Gasteiger partial charge in [-0.1, -0.05) is 73.5 Å². The van der Waals surface area contributed by atoms with Crippen LogP contribution in [0, 0.1) is 5.92 Å². The predicted octanol–water partition coefficient (Wildman–Crippen LogP) is 6.55. The fraction of sp³-hybridized carbons (Fsp3) is 0.300. The zero-order valence-electron chi connectivity index (χ0n) is 19.8. The second-order valence-electron chi connectivity index (χ2n) is 9.39. The molecule has 4 aromatic rings. The second-order valence-corrected chi connectivity index (χ2v) is 9.39. The van der Waals surface area contributed by atoms with Gasteiger partial charge in [0.05, 0.1) is 6.33 Å². The average Bonchev–Trinajstić information content (AvgIpc) is 3.44. The quantitative estimate of drug-likeness (QED) is 0.314. The molecule has 34 heavy (non-hydrogen) atoms. The highest BCUT2D eigenvalue weighted by Crippen LogP contribution is 2.31. The van der Waals surface area contributed by atoms with Crippen LogP contribution in [0.1, 0.15) is 36.8 Å². The number of rotatable bonds is 9. The van der Waals surface area contributed by atoms with Gasteiger partial charge in [0.1, 0.15) is 0 Å². The molecule has 1 aliphatic rings. The summed E-state index contributed by atoms with van der Waals surface area (Å²) in [6, 6.07) is 31.1. The maximum absolute atomic E-state index is 4.15. The average molecular weight is 451 g/mol. The lowest BCUT2D eigenvalue weighted by atomic mass is 9.83. The van der Waals surface area contributed by atoms with Crippen LogP contribution in [0.5, 0.6) is 0 Å². The maximum atomic E-state index is 4.15. The lowest BCUT2D eigenvalue weighted by Crippen LogP contribution is -2.44. The van der Waals surface area contributed by atoms with Gasteiger partial charge in [-0.3, -0.25) is 4.90 Å². The van der Waals surface area contributed by atoms with Crippen LogP contribution in [-0.2, 0) is 13.1 Å². The molecule has 4 nitrogen and oxygen atoms in total. The van der Waals surface area contributed by atoms with E-state index in [0.29, 0.717) is 12.0 Å². The van der Waals surface area contributed by atoms with E-state index in [0.717, 1.165) is 25.3 Å². The van der Waals surface area contributed by atoms with Gasteiger partial charge in [-0.2, -0.15) is 0 Å². The highest BCUT2D eigenvalue weighted by Gasteiger charge is 2.30. The van der Waals surface area contributed by atoms with E-state index in [2.05, 4.69) is 100 Å². The summed E-state index contributed by atoms with van der Waals surface area (Å²) in [5.41, 5.74) is 5.11. The summed E-state index contributed by atoms with van der Waals surface area (Å²) in [4.78, 5) is 6.87. The monoisotopic (exact) mass is 450 g/mol. The second kappa shape index (κ2) is 11.2. The van der Waals surface area contributed by atoms with E-state index in [1.54, 1.807) is 0 Å². The fourth-order valence-electron chi connectivity index (χ4n) is 5.25. The van der Waals surface area contributed by atoms with Crippen molar-refractivity contribution in [1.82, 2.24) is 14.5 Å². The molecule has 1 aliphatic carbocycles. The lowest BCUT2D eigenvalue weighted by Gasteiger charge is -2.40. The van der Waals surface area contributed by atoms with Gasteiger partial charge in [0.15, 0.2) is 0 Å². The van der Waals surface area contributed by atoms with E-state index in [9.17, 15) is 0 Å². The highest BCUT2D eigenvalue weighted by atomic mass is 15.2. The maximum Gasteiger partial charge on any atom is 0.0991 e. The van der Waals surface area contributed by atoms with Crippen LogP contribution < -0.4 is 5.32 Å². The summed E-state index contributed by atoms with van der Waals surface area (Å²) in [5.74, 6) is 0.634. The standard InChI is InChI=1S/C30H34N4/c1-3-9-25(10-4-1)22-34(23-26-11-5-2-6-12-26)30-14-8-7-13-27(30)21-32-28-15-17-29(18-16-28)33-20-19-31-24-33/h1-6,9-12,15-20,24,27,30,32H,7-8,13-14,21-23H2. The number of anilines is 1. The molecule has 1 aromatic heterocycles. The minimum atomic E-state index is 0.576. The Morgan fingerprint density at radius 2 is 1.44 bits per heavy atom. The van der Waals surface area contributed by atoms with Crippen LogP contribution >= 0.6 is 0 Å². The Kier molecular flexibility index (Phi) is 7.37. The van der Waals surface area contributed by atoms with Gasteiger partial charge in [-0.05, 0) is 54.2 Å². The van der Waals surface area contributed by atoms with Crippen molar-refractivity contribution in [2.75, 3.05) is 11.9 Å². The highest BCUT2D eigenvalue weighted by molar-refractivity contribution is 5.48. The van der Waals surface area contributed by atoms with Gasteiger partial charge < -0.3 is 9.88 Å². The van der Waals surface area contributed by atoms with Crippen LogP contribution in [0.4, 0.5) is 5.69 Å². The minimum Gasteiger partial charge on any atom is -0.385 e. The summed E-state index contributed by atoms with van der Waals surface area (Å²) in [6.45, 7) is 3.00. The van der Waals surface area contributed by atoms with Crippen molar-refractivity contribution in [1.29, 1.82) is 0 Å². The number of aromatic nitrogens is 2. The van der Waals surface area contributed by atoms with E-state index in [1.807, 2.05) is 23.3 Å². The third-order valence-corrected chi connectivity index (χ3v) is 7.03. The molecule has 1 saturated carbocycles. The molecule has 174 valence electrons. The molecule has 0 spiro atoms. The SMILES string of the molecule is c1ccc(CN(Cc2ccccc2)C2CCCCC2CNc2ccc(-n3ccnc3)cc2)cc1. The first-order chi connectivity index (χ1) is 16.8. The van der Waals surface area contributed by atoms with Crippen molar-refractivity contribution in [3.63, 3.8) is 0 Å². The van der Waals surface area contributed by atoms with Crippen molar-refractivity contribution in [3.8, 4) is 5.69 Å². The van der Waals surface area contributed by atoms with Gasteiger partial charge >= 0.3 is 0 Å². The summed E-state index contributed by atoms with van der Waals surface area (Å²) in [7, 11) is 0. The molecule has 2 atom stereocenters. The van der Waals surface area contributed by atoms with E-state index < -0.39 is 0 Å². The van der Waals surface area contributed by atoms with Crippen molar-refractivity contribution < 1.29 is 0 Å². The molecular formula is C30H34N4. The number of imidazole rings is 1. The molecule has 0 radical (unpaired) electrons. The first-order valence-electron chi connectivity index (χ1n) is 12.5. The van der Waals surface area contributed by atoms with Crippen LogP contribution in [0.15, 0.2) is 104 Å². The Morgan fingerprint density at radius 3 is 2.06 bits per heavy atom. The molecule has 5 rings (SSSR count). The van der Waals surface area contributed by atoms with Crippen molar-refractivity contribution in [2.45, 2.75) is 44.8 Å². The number of hydrogen-bond acceptors (Lipinski definition) is 3. The Balaban J connectivity index is 1.29. The van der Waals surface area contributed by atoms with Crippen LogP contribution in [0.25, 0.3) is 5.69 Å². The topological polar surface area (TPSA) is 33.1 Å². The largest absolute Gasteiger partial charge is 0.385 e. The normalized spacial score (nSPS) is 18.1. The van der Waals surface area contributed by atoms with Crippen LogP contribution in [-0.4, -0.2) is 27.0 Å². The van der Waals surface area contributed by atoms with Crippen LogP contribution in [0.2, 0.25) is 0 Å². The van der Waals surface area contributed by atoms with E-state index in [-0.39, 0.29) is 0 Å². The first kappa shape index (κ1) is 22.4. The van der Waals surface area contributed by atoms with Gasteiger partial charge in [0.25, 0.3) is 0 Å². The lowest BCUT2D eigenvalue weighted by molar-refractivity contribution is 0.0944. The van der Waals surface area contributed by atoms with Crippen molar-refractivity contribution in [2.24, 2.45) is 5.92 Å². The molecule has 0 saturated heterocycles. The molecule has 1 fully saturated rings.